The lowest BCUT2D eigenvalue weighted by Crippen LogP contribution is -2.14. The van der Waals surface area contributed by atoms with Gasteiger partial charge in [-0.15, -0.1) is 0 Å². The minimum Gasteiger partial charge on any atom is -0.461 e. The summed E-state index contributed by atoms with van der Waals surface area (Å²) >= 11 is 0. The van der Waals surface area contributed by atoms with Crippen molar-refractivity contribution in [3.8, 4) is 0 Å². The molecule has 1 aromatic rings. The molecule has 0 aromatic heterocycles. The molecular weight excluding hydrogens is 286 g/mol. The van der Waals surface area contributed by atoms with Gasteiger partial charge in [-0.05, 0) is 5.56 Å². The van der Waals surface area contributed by atoms with Crippen molar-refractivity contribution < 1.29 is 23.7 Å². The summed E-state index contributed by atoms with van der Waals surface area (Å²) in [7, 11) is 0. The summed E-state index contributed by atoms with van der Waals surface area (Å²) in [6.07, 6.45) is 0.243. The molecule has 6 nitrogen and oxygen atoms in total. The van der Waals surface area contributed by atoms with E-state index in [1.165, 1.54) is 0 Å². The number of esters is 1. The van der Waals surface area contributed by atoms with Crippen LogP contribution < -0.4 is 5.73 Å². The van der Waals surface area contributed by atoms with Crippen molar-refractivity contribution in [1.82, 2.24) is 0 Å². The van der Waals surface area contributed by atoms with Crippen LogP contribution in [-0.2, 0) is 30.3 Å². The molecule has 1 aromatic carbocycles. The Kier molecular flexibility index (Phi) is 11.2. The van der Waals surface area contributed by atoms with E-state index in [0.717, 1.165) is 5.56 Å². The third-order valence-electron chi connectivity index (χ3n) is 2.70. The van der Waals surface area contributed by atoms with Crippen LogP contribution >= 0.6 is 0 Å². The fourth-order valence-corrected chi connectivity index (χ4v) is 1.59. The van der Waals surface area contributed by atoms with Crippen molar-refractivity contribution in [1.29, 1.82) is 0 Å². The first-order valence-electron chi connectivity index (χ1n) is 7.46. The Hall–Kier alpha value is -1.47. The predicted molar refractivity (Wildman–Crippen MR) is 82.4 cm³/mol. The van der Waals surface area contributed by atoms with Gasteiger partial charge in [-0.1, -0.05) is 30.3 Å². The molecule has 0 unspecified atom stereocenters. The van der Waals surface area contributed by atoms with Gasteiger partial charge in [0.2, 0.25) is 0 Å². The fourth-order valence-electron chi connectivity index (χ4n) is 1.59. The van der Waals surface area contributed by atoms with Crippen LogP contribution in [0.4, 0.5) is 0 Å². The number of ether oxygens (including phenoxy) is 4. The maximum atomic E-state index is 11.5. The van der Waals surface area contributed by atoms with Crippen LogP contribution in [0.25, 0.3) is 0 Å². The van der Waals surface area contributed by atoms with Crippen LogP contribution in [0.5, 0.6) is 0 Å². The predicted octanol–water partition coefficient (Wildman–Crippen LogP) is 1.13. The van der Waals surface area contributed by atoms with Crippen LogP contribution in [0.15, 0.2) is 30.3 Å². The molecule has 2 N–H and O–H groups in total. The number of hydrogen-bond donors (Lipinski definition) is 1. The van der Waals surface area contributed by atoms with Crippen molar-refractivity contribution in [2.24, 2.45) is 5.73 Å². The number of rotatable bonds is 13. The molecule has 0 saturated carbocycles. The number of hydrogen-bond acceptors (Lipinski definition) is 6. The second-order valence-corrected chi connectivity index (χ2v) is 4.52. The zero-order valence-corrected chi connectivity index (χ0v) is 12.9. The van der Waals surface area contributed by atoms with Gasteiger partial charge >= 0.3 is 5.97 Å². The Morgan fingerprint density at radius 2 is 1.45 bits per heavy atom. The molecule has 0 aliphatic carbocycles. The molecule has 6 heteroatoms. The highest BCUT2D eigenvalue weighted by molar-refractivity contribution is 5.69. The maximum absolute atomic E-state index is 11.5. The minimum absolute atomic E-state index is 0.243. The van der Waals surface area contributed by atoms with E-state index in [1.54, 1.807) is 0 Å². The van der Waals surface area contributed by atoms with E-state index in [0.29, 0.717) is 52.8 Å². The summed E-state index contributed by atoms with van der Waals surface area (Å²) in [5.74, 6) is -0.264. The van der Waals surface area contributed by atoms with Crippen LogP contribution in [-0.4, -0.2) is 52.2 Å². The van der Waals surface area contributed by atoms with Crippen LogP contribution in [0.2, 0.25) is 0 Å². The van der Waals surface area contributed by atoms with Gasteiger partial charge in [0.05, 0.1) is 46.1 Å². The van der Waals surface area contributed by atoms with Crippen LogP contribution in [0, 0.1) is 0 Å². The highest BCUT2D eigenvalue weighted by atomic mass is 16.5. The summed E-state index contributed by atoms with van der Waals surface area (Å²) in [6, 6.07) is 9.57. The van der Waals surface area contributed by atoms with E-state index < -0.39 is 0 Å². The Morgan fingerprint density at radius 3 is 2.09 bits per heavy atom. The second kappa shape index (κ2) is 13.2. The van der Waals surface area contributed by atoms with Crippen molar-refractivity contribution in [2.75, 3.05) is 46.2 Å². The second-order valence-electron chi connectivity index (χ2n) is 4.52. The molecule has 0 spiro atoms. The standard InChI is InChI=1S/C16H25NO5/c17-7-9-20-11-13-21-12-10-19-8-6-16(18)22-14-15-4-2-1-3-5-15/h1-5H,6-14,17H2. The molecule has 0 saturated heterocycles. The Balaban J connectivity index is 1.87. The van der Waals surface area contributed by atoms with Crippen molar-refractivity contribution in [2.45, 2.75) is 13.0 Å². The van der Waals surface area contributed by atoms with Gasteiger partial charge in [0.15, 0.2) is 0 Å². The van der Waals surface area contributed by atoms with Gasteiger partial charge in [-0.2, -0.15) is 0 Å². The third kappa shape index (κ3) is 10.3. The van der Waals surface area contributed by atoms with Crippen molar-refractivity contribution in [3.05, 3.63) is 35.9 Å². The summed E-state index contributed by atoms with van der Waals surface area (Å²) in [5.41, 5.74) is 6.25. The van der Waals surface area contributed by atoms with Gasteiger partial charge in [0.1, 0.15) is 6.61 Å². The van der Waals surface area contributed by atoms with Crippen LogP contribution in [0.3, 0.4) is 0 Å². The van der Waals surface area contributed by atoms with Gasteiger partial charge in [0, 0.05) is 6.54 Å². The highest BCUT2D eigenvalue weighted by Gasteiger charge is 2.03. The van der Waals surface area contributed by atoms with Gasteiger partial charge in [-0.3, -0.25) is 4.79 Å². The number of carbonyl (C=O) groups is 1. The molecule has 0 atom stereocenters. The van der Waals surface area contributed by atoms with Crippen molar-refractivity contribution >= 4 is 5.97 Å². The monoisotopic (exact) mass is 311 g/mol. The maximum Gasteiger partial charge on any atom is 0.308 e. The highest BCUT2D eigenvalue weighted by Crippen LogP contribution is 2.01. The topological polar surface area (TPSA) is 80.0 Å². The average Bonchev–Trinajstić information content (AvgIpc) is 2.55. The molecule has 0 aliphatic heterocycles. The average molecular weight is 311 g/mol. The zero-order chi connectivity index (χ0) is 15.9. The lowest BCUT2D eigenvalue weighted by molar-refractivity contribution is -0.146. The Labute approximate surface area is 131 Å². The molecule has 0 amide bonds. The van der Waals surface area contributed by atoms with E-state index in [2.05, 4.69) is 0 Å². The number of carbonyl (C=O) groups excluding carboxylic acids is 1. The van der Waals surface area contributed by atoms with E-state index in [-0.39, 0.29) is 12.4 Å². The smallest absolute Gasteiger partial charge is 0.308 e. The third-order valence-corrected chi connectivity index (χ3v) is 2.70. The molecule has 0 fully saturated rings. The zero-order valence-electron chi connectivity index (χ0n) is 12.9. The molecule has 22 heavy (non-hydrogen) atoms. The number of benzene rings is 1. The normalized spacial score (nSPS) is 10.6. The van der Waals surface area contributed by atoms with E-state index in [1.807, 2.05) is 30.3 Å². The molecule has 0 radical (unpaired) electrons. The lowest BCUT2D eigenvalue weighted by Gasteiger charge is -2.07. The molecule has 0 bridgehead atoms. The summed E-state index contributed by atoms with van der Waals surface area (Å²) < 4.78 is 20.9. The molecule has 0 heterocycles. The first kappa shape index (κ1) is 18.6. The fraction of sp³-hybridized carbons (Fsp3) is 0.562. The molecule has 0 aliphatic rings. The minimum atomic E-state index is -0.264. The summed E-state index contributed by atoms with van der Waals surface area (Å²) in [5, 5.41) is 0. The Bertz CT molecular complexity index is 385. The molecule has 124 valence electrons. The number of nitrogens with two attached hydrogens (primary N) is 1. The van der Waals surface area contributed by atoms with Gasteiger partial charge in [-0.25, -0.2) is 0 Å². The Morgan fingerprint density at radius 1 is 0.864 bits per heavy atom. The van der Waals surface area contributed by atoms with Gasteiger partial charge < -0.3 is 24.7 Å². The van der Waals surface area contributed by atoms with Crippen LogP contribution in [0.1, 0.15) is 12.0 Å². The molecule has 1 rings (SSSR count). The largest absolute Gasteiger partial charge is 0.461 e. The quantitative estimate of drug-likeness (QED) is 0.434. The van der Waals surface area contributed by atoms with E-state index in [4.69, 9.17) is 24.7 Å². The summed E-state index contributed by atoms with van der Waals surface area (Å²) in [6.45, 7) is 3.67. The van der Waals surface area contributed by atoms with Crippen molar-refractivity contribution in [3.63, 3.8) is 0 Å². The molecular formula is C16H25NO5. The first-order valence-corrected chi connectivity index (χ1v) is 7.46. The SMILES string of the molecule is NCCOCCOCCOCCC(=O)OCc1ccccc1. The summed E-state index contributed by atoms with van der Waals surface area (Å²) in [4.78, 5) is 11.5. The lowest BCUT2D eigenvalue weighted by atomic mass is 10.2. The van der Waals surface area contributed by atoms with E-state index >= 15 is 0 Å². The van der Waals surface area contributed by atoms with Gasteiger partial charge in [0.25, 0.3) is 0 Å². The van der Waals surface area contributed by atoms with E-state index in [9.17, 15) is 4.79 Å². The first-order chi connectivity index (χ1) is 10.8.